The molecule has 0 bridgehead atoms. The van der Waals surface area contributed by atoms with Gasteiger partial charge in [-0.25, -0.2) is 14.6 Å². The van der Waals surface area contributed by atoms with E-state index >= 15 is 0 Å². The largest absolute Gasteiger partial charge is 0.378 e. The number of nitrogens with zero attached hydrogens (tertiary/aromatic N) is 4. The first kappa shape index (κ1) is 22.5. The van der Waals surface area contributed by atoms with Gasteiger partial charge in [0.25, 0.3) is 5.56 Å². The molecule has 1 fully saturated rings. The first-order valence-electron chi connectivity index (χ1n) is 11.4. The number of fused-ring (bicyclic) bond motifs is 1. The van der Waals surface area contributed by atoms with E-state index in [9.17, 15) is 4.79 Å². The van der Waals surface area contributed by atoms with Gasteiger partial charge in [0.15, 0.2) is 0 Å². The van der Waals surface area contributed by atoms with Crippen molar-refractivity contribution in [3.63, 3.8) is 0 Å². The molecule has 0 spiro atoms. The average Bonchev–Trinajstić information content (AvgIpc) is 3.32. The number of anilines is 1. The van der Waals surface area contributed by atoms with Crippen LogP contribution in [0, 0.1) is 6.92 Å². The lowest BCUT2D eigenvalue weighted by Crippen LogP contribution is -2.48. The number of pyridine rings is 1. The number of hydrogen-bond donors (Lipinski definition) is 2. The van der Waals surface area contributed by atoms with Gasteiger partial charge in [0, 0.05) is 23.7 Å². The number of aromatic nitrogens is 3. The summed E-state index contributed by atoms with van der Waals surface area (Å²) in [6.07, 6.45) is 1.85. The molecule has 0 unspecified atom stereocenters. The monoisotopic (exact) mass is 476 g/mol. The molecule has 0 radical (unpaired) electrons. The van der Waals surface area contributed by atoms with Gasteiger partial charge in [-0.3, -0.25) is 4.79 Å². The molecule has 2 N–H and O–H groups in total. The zero-order chi connectivity index (χ0) is 23.5. The van der Waals surface area contributed by atoms with E-state index in [4.69, 9.17) is 4.74 Å². The van der Waals surface area contributed by atoms with Crippen LogP contribution in [0.4, 0.5) is 5.82 Å². The van der Waals surface area contributed by atoms with Crippen LogP contribution in [0.25, 0.3) is 22.0 Å². The van der Waals surface area contributed by atoms with Gasteiger partial charge in [0.1, 0.15) is 11.6 Å². The first-order valence-corrected chi connectivity index (χ1v) is 12.3. The highest BCUT2D eigenvalue weighted by molar-refractivity contribution is 7.10. The van der Waals surface area contributed by atoms with E-state index in [1.807, 2.05) is 25.2 Å². The summed E-state index contributed by atoms with van der Waals surface area (Å²) in [6.45, 7) is 5.88. The van der Waals surface area contributed by atoms with Gasteiger partial charge in [-0.1, -0.05) is 24.3 Å². The van der Waals surface area contributed by atoms with Gasteiger partial charge in [0.05, 0.1) is 43.8 Å². The molecule has 8 nitrogen and oxygen atoms in total. The maximum atomic E-state index is 12.7. The van der Waals surface area contributed by atoms with Crippen molar-refractivity contribution in [2.75, 3.05) is 43.7 Å². The van der Waals surface area contributed by atoms with Crippen LogP contribution in [-0.4, -0.2) is 48.0 Å². The lowest BCUT2D eigenvalue weighted by atomic mass is 10.0. The minimum absolute atomic E-state index is 0.0958. The highest BCUT2D eigenvalue weighted by atomic mass is 32.1. The van der Waals surface area contributed by atoms with Gasteiger partial charge in [0.2, 0.25) is 0 Å². The molecule has 0 saturated carbocycles. The number of aryl methyl sites for hydroxylation is 1. The number of rotatable bonds is 7. The molecule has 1 aromatic carbocycles. The molecule has 1 aliphatic heterocycles. The molecular weight excluding hydrogens is 448 g/mol. The molecular formula is C25H28N6O2S. The summed E-state index contributed by atoms with van der Waals surface area (Å²) >= 11 is 1.72. The third kappa shape index (κ3) is 4.68. The maximum Gasteiger partial charge on any atom is 0.271 e. The van der Waals surface area contributed by atoms with E-state index < -0.39 is 0 Å². The first-order chi connectivity index (χ1) is 16.6. The molecule has 4 aromatic rings. The second-order valence-corrected chi connectivity index (χ2v) is 9.28. The maximum absolute atomic E-state index is 12.7. The van der Waals surface area contributed by atoms with Gasteiger partial charge in [-0.2, -0.15) is 0 Å². The summed E-state index contributed by atoms with van der Waals surface area (Å²) < 4.78 is 7.10. The molecule has 176 valence electrons. The number of benzene rings is 1. The lowest BCUT2D eigenvalue weighted by Gasteiger charge is -2.30. The van der Waals surface area contributed by atoms with Crippen molar-refractivity contribution in [3.8, 4) is 11.1 Å². The SMILES string of the molecule is CNCc1ccccc1-c1csc(CNc2nc(C)nc3cc(=O)n(N4CCOCC4)cc23)c1. The van der Waals surface area contributed by atoms with E-state index in [0.717, 1.165) is 17.7 Å². The minimum atomic E-state index is -0.0958. The quantitative estimate of drug-likeness (QED) is 0.424. The van der Waals surface area contributed by atoms with Crippen LogP contribution in [0.15, 0.2) is 52.8 Å². The number of ether oxygens (including phenoxy) is 1. The van der Waals surface area contributed by atoms with E-state index in [-0.39, 0.29) is 5.56 Å². The Hall–Kier alpha value is -3.27. The van der Waals surface area contributed by atoms with E-state index in [2.05, 4.69) is 56.3 Å². The Morgan fingerprint density at radius 1 is 1.12 bits per heavy atom. The molecule has 0 aliphatic carbocycles. The second-order valence-electron chi connectivity index (χ2n) is 8.28. The van der Waals surface area contributed by atoms with Crippen molar-refractivity contribution in [1.29, 1.82) is 0 Å². The van der Waals surface area contributed by atoms with Crippen molar-refractivity contribution in [2.45, 2.75) is 20.0 Å². The molecule has 1 saturated heterocycles. The molecule has 0 atom stereocenters. The zero-order valence-corrected chi connectivity index (χ0v) is 20.2. The van der Waals surface area contributed by atoms with Crippen molar-refractivity contribution in [1.82, 2.24) is 20.0 Å². The Morgan fingerprint density at radius 2 is 1.94 bits per heavy atom. The van der Waals surface area contributed by atoms with Crippen LogP contribution in [0.2, 0.25) is 0 Å². The van der Waals surface area contributed by atoms with Crippen LogP contribution in [0.5, 0.6) is 0 Å². The Morgan fingerprint density at radius 3 is 2.76 bits per heavy atom. The summed E-state index contributed by atoms with van der Waals surface area (Å²) in [7, 11) is 1.96. The van der Waals surface area contributed by atoms with E-state index in [1.165, 1.54) is 21.6 Å². The number of morpholine rings is 1. The summed E-state index contributed by atoms with van der Waals surface area (Å²) in [5.74, 6) is 1.36. The molecule has 9 heteroatoms. The summed E-state index contributed by atoms with van der Waals surface area (Å²) in [5, 5.41) is 11.8. The zero-order valence-electron chi connectivity index (χ0n) is 19.4. The molecule has 3 aromatic heterocycles. The highest BCUT2D eigenvalue weighted by Crippen LogP contribution is 2.29. The molecule has 1 aliphatic rings. The predicted molar refractivity (Wildman–Crippen MR) is 137 cm³/mol. The number of nitrogens with one attached hydrogen (secondary N) is 2. The number of hydrogen-bond acceptors (Lipinski definition) is 8. The average molecular weight is 477 g/mol. The third-order valence-electron chi connectivity index (χ3n) is 5.90. The summed E-state index contributed by atoms with van der Waals surface area (Å²) in [4.78, 5) is 23.1. The fraction of sp³-hybridized carbons (Fsp3) is 0.320. The Bertz CT molecular complexity index is 1360. The predicted octanol–water partition coefficient (Wildman–Crippen LogP) is 3.13. The molecule has 0 amide bonds. The van der Waals surface area contributed by atoms with Crippen molar-refractivity contribution in [3.05, 3.63) is 74.6 Å². The van der Waals surface area contributed by atoms with Crippen molar-refractivity contribution >= 4 is 28.1 Å². The van der Waals surface area contributed by atoms with Crippen LogP contribution in [0.1, 0.15) is 16.3 Å². The van der Waals surface area contributed by atoms with Crippen molar-refractivity contribution in [2.24, 2.45) is 0 Å². The van der Waals surface area contributed by atoms with Crippen LogP contribution < -0.4 is 21.2 Å². The molecule has 34 heavy (non-hydrogen) atoms. The van der Waals surface area contributed by atoms with Gasteiger partial charge >= 0.3 is 0 Å². The lowest BCUT2D eigenvalue weighted by molar-refractivity contribution is 0.111. The van der Waals surface area contributed by atoms with Gasteiger partial charge in [-0.05, 0) is 42.1 Å². The summed E-state index contributed by atoms with van der Waals surface area (Å²) in [5.41, 5.74) is 4.30. The fourth-order valence-electron chi connectivity index (χ4n) is 4.27. The Labute approximate surface area is 202 Å². The molecule has 4 heterocycles. The topological polar surface area (TPSA) is 84.3 Å². The van der Waals surface area contributed by atoms with E-state index in [1.54, 1.807) is 22.1 Å². The fourth-order valence-corrected chi connectivity index (χ4v) is 5.09. The smallest absolute Gasteiger partial charge is 0.271 e. The van der Waals surface area contributed by atoms with Crippen LogP contribution in [-0.2, 0) is 17.8 Å². The third-order valence-corrected chi connectivity index (χ3v) is 6.83. The van der Waals surface area contributed by atoms with Crippen LogP contribution in [0.3, 0.4) is 0 Å². The minimum Gasteiger partial charge on any atom is -0.378 e. The summed E-state index contributed by atoms with van der Waals surface area (Å²) in [6, 6.07) is 12.3. The molecule has 5 rings (SSSR count). The normalized spacial score (nSPS) is 14.0. The Kier molecular flexibility index (Phi) is 6.57. The van der Waals surface area contributed by atoms with E-state index in [0.29, 0.717) is 44.2 Å². The highest BCUT2D eigenvalue weighted by Gasteiger charge is 2.16. The van der Waals surface area contributed by atoms with Gasteiger partial charge in [-0.15, -0.1) is 11.3 Å². The van der Waals surface area contributed by atoms with Crippen LogP contribution >= 0.6 is 11.3 Å². The second kappa shape index (κ2) is 9.92. The number of thiophene rings is 1. The standard InChI is InChI=1S/C25H28N6O2S/c1-17-28-23-12-24(32)31(30-7-9-33-10-8-30)15-22(23)25(29-17)27-14-20-11-19(16-34-20)21-6-4-3-5-18(21)13-26-2/h3-6,11-12,15-16,26H,7-10,13-14H2,1-2H3,(H,27,28,29). The van der Waals surface area contributed by atoms with Crippen molar-refractivity contribution < 1.29 is 4.74 Å². The van der Waals surface area contributed by atoms with Gasteiger partial charge < -0.3 is 20.4 Å². The Balaban J connectivity index is 1.42.